The number of ether oxygens (including phenoxy) is 2. The van der Waals surface area contributed by atoms with Crippen LogP contribution in [0.3, 0.4) is 0 Å². The summed E-state index contributed by atoms with van der Waals surface area (Å²) in [5, 5.41) is 3.41. The van der Waals surface area contributed by atoms with E-state index in [9.17, 15) is 0 Å². The molecule has 0 aliphatic carbocycles. The fourth-order valence-electron chi connectivity index (χ4n) is 2.27. The van der Waals surface area contributed by atoms with E-state index in [4.69, 9.17) is 9.47 Å². The fraction of sp³-hybridized carbons (Fsp3) is 0.600. The molecule has 108 valence electrons. The summed E-state index contributed by atoms with van der Waals surface area (Å²) in [6, 6.07) is 4.28. The normalized spacial score (nSPS) is 12.6. The standard InChI is InChI=1S/C15H26N2O2/c1-7-16-10-13(17(3)4)15-11(2)8-12(18-5)9-14(15)19-6/h8-9,13,16H,7,10H2,1-6H3. The van der Waals surface area contributed by atoms with Gasteiger partial charge in [-0.05, 0) is 39.2 Å². The van der Waals surface area contributed by atoms with Crippen molar-refractivity contribution < 1.29 is 9.47 Å². The van der Waals surface area contributed by atoms with Gasteiger partial charge in [-0.1, -0.05) is 6.92 Å². The van der Waals surface area contributed by atoms with Crippen LogP contribution in [0.1, 0.15) is 24.1 Å². The molecular formula is C15H26N2O2. The van der Waals surface area contributed by atoms with Gasteiger partial charge < -0.3 is 19.7 Å². The van der Waals surface area contributed by atoms with Gasteiger partial charge in [-0.3, -0.25) is 0 Å². The lowest BCUT2D eigenvalue weighted by Crippen LogP contribution is -2.31. The van der Waals surface area contributed by atoms with Crippen LogP contribution in [0.15, 0.2) is 12.1 Å². The van der Waals surface area contributed by atoms with Crippen molar-refractivity contribution >= 4 is 0 Å². The van der Waals surface area contributed by atoms with Gasteiger partial charge in [0.1, 0.15) is 11.5 Å². The second-order valence-electron chi connectivity index (χ2n) is 4.85. The molecule has 1 aromatic rings. The molecule has 0 saturated heterocycles. The molecule has 1 aromatic carbocycles. The van der Waals surface area contributed by atoms with Crippen LogP contribution in [0, 0.1) is 6.92 Å². The summed E-state index contributed by atoms with van der Waals surface area (Å²) in [6.07, 6.45) is 0. The number of nitrogens with one attached hydrogen (secondary N) is 1. The summed E-state index contributed by atoms with van der Waals surface area (Å²) in [7, 11) is 7.56. The third-order valence-electron chi connectivity index (χ3n) is 3.32. The molecule has 0 amide bonds. The zero-order valence-corrected chi connectivity index (χ0v) is 12.9. The Kier molecular flexibility index (Phi) is 6.12. The van der Waals surface area contributed by atoms with Crippen LogP contribution in [-0.2, 0) is 0 Å². The zero-order chi connectivity index (χ0) is 14.4. The van der Waals surface area contributed by atoms with Gasteiger partial charge in [0.25, 0.3) is 0 Å². The molecule has 0 bridgehead atoms. The molecule has 1 rings (SSSR count). The molecule has 1 unspecified atom stereocenters. The number of hydrogen-bond acceptors (Lipinski definition) is 4. The van der Waals surface area contributed by atoms with Crippen LogP contribution in [-0.4, -0.2) is 46.3 Å². The maximum absolute atomic E-state index is 5.55. The summed E-state index contributed by atoms with van der Waals surface area (Å²) in [5.41, 5.74) is 2.40. The Bertz CT molecular complexity index is 405. The molecule has 0 aliphatic heterocycles. The highest BCUT2D eigenvalue weighted by Crippen LogP contribution is 2.34. The number of benzene rings is 1. The summed E-state index contributed by atoms with van der Waals surface area (Å²) < 4.78 is 10.8. The molecular weight excluding hydrogens is 240 g/mol. The first-order chi connectivity index (χ1) is 9.04. The Labute approximate surface area is 116 Å². The average Bonchev–Trinajstić information content (AvgIpc) is 2.39. The highest BCUT2D eigenvalue weighted by Gasteiger charge is 2.21. The molecule has 0 spiro atoms. The Morgan fingerprint density at radius 2 is 1.89 bits per heavy atom. The van der Waals surface area contributed by atoms with E-state index in [1.165, 1.54) is 11.1 Å². The maximum Gasteiger partial charge on any atom is 0.127 e. The summed E-state index contributed by atoms with van der Waals surface area (Å²) >= 11 is 0. The minimum Gasteiger partial charge on any atom is -0.497 e. The minimum absolute atomic E-state index is 0.279. The van der Waals surface area contributed by atoms with Gasteiger partial charge in [-0.15, -0.1) is 0 Å². The van der Waals surface area contributed by atoms with Crippen molar-refractivity contribution in [2.45, 2.75) is 19.9 Å². The number of rotatable bonds is 7. The van der Waals surface area contributed by atoms with E-state index in [1.54, 1.807) is 14.2 Å². The maximum atomic E-state index is 5.55. The van der Waals surface area contributed by atoms with Crippen LogP contribution >= 0.6 is 0 Å². The summed E-state index contributed by atoms with van der Waals surface area (Å²) in [6.45, 7) is 6.07. The number of methoxy groups -OCH3 is 2. The van der Waals surface area contributed by atoms with Crippen molar-refractivity contribution in [1.82, 2.24) is 10.2 Å². The van der Waals surface area contributed by atoms with Gasteiger partial charge in [0.2, 0.25) is 0 Å². The number of nitrogens with zero attached hydrogens (tertiary/aromatic N) is 1. The summed E-state index contributed by atoms with van der Waals surface area (Å²) in [4.78, 5) is 2.21. The van der Waals surface area contributed by atoms with E-state index in [0.717, 1.165) is 24.6 Å². The molecule has 1 N–H and O–H groups in total. The van der Waals surface area contributed by atoms with Crippen LogP contribution in [0.25, 0.3) is 0 Å². The Balaban J connectivity index is 3.20. The molecule has 0 heterocycles. The molecule has 0 fully saturated rings. The first-order valence-electron chi connectivity index (χ1n) is 6.64. The lowest BCUT2D eigenvalue weighted by atomic mass is 9.98. The lowest BCUT2D eigenvalue weighted by molar-refractivity contribution is 0.279. The van der Waals surface area contributed by atoms with E-state index in [0.29, 0.717) is 0 Å². The van der Waals surface area contributed by atoms with Gasteiger partial charge in [-0.25, -0.2) is 0 Å². The van der Waals surface area contributed by atoms with Crippen molar-refractivity contribution in [2.24, 2.45) is 0 Å². The Morgan fingerprint density at radius 1 is 1.21 bits per heavy atom. The van der Waals surface area contributed by atoms with E-state index in [2.05, 4.69) is 44.2 Å². The molecule has 4 nitrogen and oxygen atoms in total. The molecule has 0 saturated carbocycles. The Morgan fingerprint density at radius 3 is 2.37 bits per heavy atom. The first-order valence-corrected chi connectivity index (χ1v) is 6.64. The number of aryl methyl sites for hydroxylation is 1. The van der Waals surface area contributed by atoms with Crippen molar-refractivity contribution in [3.63, 3.8) is 0 Å². The second-order valence-corrected chi connectivity index (χ2v) is 4.85. The highest BCUT2D eigenvalue weighted by atomic mass is 16.5. The Hall–Kier alpha value is -1.26. The lowest BCUT2D eigenvalue weighted by Gasteiger charge is -2.28. The third kappa shape index (κ3) is 3.85. The largest absolute Gasteiger partial charge is 0.497 e. The summed E-state index contributed by atoms with van der Waals surface area (Å²) in [5.74, 6) is 1.72. The second kappa shape index (κ2) is 7.36. The van der Waals surface area contributed by atoms with E-state index in [-0.39, 0.29) is 6.04 Å². The number of hydrogen-bond donors (Lipinski definition) is 1. The third-order valence-corrected chi connectivity index (χ3v) is 3.32. The van der Waals surface area contributed by atoms with Crippen molar-refractivity contribution in [1.29, 1.82) is 0 Å². The number of likely N-dealkylation sites (N-methyl/N-ethyl adjacent to an activating group) is 2. The molecule has 19 heavy (non-hydrogen) atoms. The van der Waals surface area contributed by atoms with Gasteiger partial charge in [0.05, 0.1) is 20.3 Å². The highest BCUT2D eigenvalue weighted by molar-refractivity contribution is 5.48. The SMILES string of the molecule is CCNCC(c1c(C)cc(OC)cc1OC)N(C)C. The molecule has 0 aliphatic rings. The molecule has 1 atom stereocenters. The predicted molar refractivity (Wildman–Crippen MR) is 79.3 cm³/mol. The van der Waals surface area contributed by atoms with Gasteiger partial charge >= 0.3 is 0 Å². The zero-order valence-electron chi connectivity index (χ0n) is 12.9. The van der Waals surface area contributed by atoms with Crippen molar-refractivity contribution in [3.8, 4) is 11.5 Å². The first kappa shape index (κ1) is 15.8. The van der Waals surface area contributed by atoms with Crippen LogP contribution in [0.5, 0.6) is 11.5 Å². The van der Waals surface area contributed by atoms with Crippen LogP contribution in [0.4, 0.5) is 0 Å². The fourth-order valence-corrected chi connectivity index (χ4v) is 2.27. The van der Waals surface area contributed by atoms with Crippen molar-refractivity contribution in [3.05, 3.63) is 23.3 Å². The van der Waals surface area contributed by atoms with Crippen LogP contribution in [0.2, 0.25) is 0 Å². The van der Waals surface area contributed by atoms with Crippen LogP contribution < -0.4 is 14.8 Å². The molecule has 4 heteroatoms. The van der Waals surface area contributed by atoms with Gasteiger partial charge in [-0.2, -0.15) is 0 Å². The smallest absolute Gasteiger partial charge is 0.127 e. The van der Waals surface area contributed by atoms with Gasteiger partial charge in [0, 0.05) is 18.2 Å². The van der Waals surface area contributed by atoms with Gasteiger partial charge in [0.15, 0.2) is 0 Å². The molecule has 0 aromatic heterocycles. The predicted octanol–water partition coefficient (Wildman–Crippen LogP) is 2.22. The quantitative estimate of drug-likeness (QED) is 0.820. The topological polar surface area (TPSA) is 33.7 Å². The monoisotopic (exact) mass is 266 g/mol. The molecule has 0 radical (unpaired) electrons. The van der Waals surface area contributed by atoms with E-state index >= 15 is 0 Å². The minimum atomic E-state index is 0.279. The van der Waals surface area contributed by atoms with E-state index in [1.807, 2.05) is 6.07 Å². The van der Waals surface area contributed by atoms with E-state index < -0.39 is 0 Å². The van der Waals surface area contributed by atoms with Crippen molar-refractivity contribution in [2.75, 3.05) is 41.4 Å². The average molecular weight is 266 g/mol.